The Hall–Kier alpha value is -2.68. The number of ether oxygens (including phenoxy) is 1. The molecule has 0 radical (unpaired) electrons. The SMILES string of the molecule is CCOc1ccc(C2Nc3cccc4cccc(c34)N2)cc1. The van der Waals surface area contributed by atoms with E-state index in [1.807, 2.05) is 19.1 Å². The molecule has 3 aromatic carbocycles. The lowest BCUT2D eigenvalue weighted by molar-refractivity contribution is 0.340. The lowest BCUT2D eigenvalue weighted by atomic mass is 10.0. The number of hydrogen-bond donors (Lipinski definition) is 2. The summed E-state index contributed by atoms with van der Waals surface area (Å²) < 4.78 is 5.51. The Morgan fingerprint density at radius 1 is 0.864 bits per heavy atom. The fraction of sp³-hybridized carbons (Fsp3) is 0.158. The highest BCUT2D eigenvalue weighted by atomic mass is 16.5. The van der Waals surface area contributed by atoms with Crippen molar-refractivity contribution in [2.24, 2.45) is 0 Å². The van der Waals surface area contributed by atoms with Gasteiger partial charge in [-0.1, -0.05) is 36.4 Å². The van der Waals surface area contributed by atoms with Gasteiger partial charge in [0.25, 0.3) is 0 Å². The average Bonchev–Trinajstić information content (AvgIpc) is 2.56. The van der Waals surface area contributed by atoms with E-state index in [4.69, 9.17) is 4.74 Å². The molecule has 1 aliphatic heterocycles. The summed E-state index contributed by atoms with van der Waals surface area (Å²) in [7, 11) is 0. The molecule has 22 heavy (non-hydrogen) atoms. The van der Waals surface area contributed by atoms with Gasteiger partial charge in [-0.05, 0) is 42.1 Å². The molecule has 0 fully saturated rings. The first kappa shape index (κ1) is 13.0. The minimum Gasteiger partial charge on any atom is -0.494 e. The third-order valence-electron chi connectivity index (χ3n) is 4.03. The van der Waals surface area contributed by atoms with Crippen LogP contribution in [0, 0.1) is 0 Å². The van der Waals surface area contributed by atoms with Gasteiger partial charge >= 0.3 is 0 Å². The summed E-state index contributed by atoms with van der Waals surface area (Å²) in [5, 5.41) is 9.66. The molecule has 0 atom stereocenters. The van der Waals surface area contributed by atoms with Crippen molar-refractivity contribution in [3.8, 4) is 5.75 Å². The monoisotopic (exact) mass is 290 g/mol. The summed E-state index contributed by atoms with van der Waals surface area (Å²) in [6.45, 7) is 2.68. The Morgan fingerprint density at radius 2 is 1.50 bits per heavy atom. The van der Waals surface area contributed by atoms with E-state index in [-0.39, 0.29) is 6.17 Å². The van der Waals surface area contributed by atoms with Crippen molar-refractivity contribution in [1.82, 2.24) is 0 Å². The van der Waals surface area contributed by atoms with E-state index in [0.717, 1.165) is 5.75 Å². The number of hydrogen-bond acceptors (Lipinski definition) is 3. The molecule has 0 saturated heterocycles. The van der Waals surface area contributed by atoms with Crippen LogP contribution in [0.3, 0.4) is 0 Å². The molecule has 3 aromatic rings. The third-order valence-corrected chi connectivity index (χ3v) is 4.03. The Bertz CT molecular complexity index is 771. The summed E-state index contributed by atoms with van der Waals surface area (Å²) in [6.07, 6.45) is 0.0659. The molecular weight excluding hydrogens is 272 g/mol. The molecule has 4 rings (SSSR count). The lowest BCUT2D eigenvalue weighted by Crippen LogP contribution is -2.23. The predicted octanol–water partition coefficient (Wildman–Crippen LogP) is 4.77. The van der Waals surface area contributed by atoms with Gasteiger partial charge in [-0.25, -0.2) is 0 Å². The van der Waals surface area contributed by atoms with Crippen molar-refractivity contribution in [1.29, 1.82) is 0 Å². The zero-order chi connectivity index (χ0) is 14.9. The maximum absolute atomic E-state index is 5.51. The summed E-state index contributed by atoms with van der Waals surface area (Å²) >= 11 is 0. The number of benzene rings is 3. The molecule has 0 spiro atoms. The summed E-state index contributed by atoms with van der Waals surface area (Å²) in [5.74, 6) is 0.907. The molecular formula is C19H18N2O. The van der Waals surface area contributed by atoms with Crippen LogP contribution < -0.4 is 15.4 Å². The quantitative estimate of drug-likeness (QED) is 0.728. The van der Waals surface area contributed by atoms with E-state index >= 15 is 0 Å². The molecule has 2 N–H and O–H groups in total. The van der Waals surface area contributed by atoms with E-state index in [2.05, 4.69) is 59.2 Å². The maximum Gasteiger partial charge on any atom is 0.123 e. The Labute approximate surface area is 129 Å². The van der Waals surface area contributed by atoms with Gasteiger partial charge in [0.1, 0.15) is 11.9 Å². The minimum absolute atomic E-state index is 0.0659. The molecule has 0 amide bonds. The highest BCUT2D eigenvalue weighted by molar-refractivity contribution is 6.04. The molecule has 1 aliphatic rings. The fourth-order valence-corrected chi connectivity index (χ4v) is 3.02. The van der Waals surface area contributed by atoms with Crippen LogP contribution in [0.2, 0.25) is 0 Å². The minimum atomic E-state index is 0.0659. The van der Waals surface area contributed by atoms with Gasteiger partial charge < -0.3 is 15.4 Å². The lowest BCUT2D eigenvalue weighted by Gasteiger charge is -2.29. The van der Waals surface area contributed by atoms with Gasteiger partial charge in [0, 0.05) is 16.8 Å². The number of rotatable bonds is 3. The molecule has 0 unspecified atom stereocenters. The highest BCUT2D eigenvalue weighted by Crippen LogP contribution is 2.38. The van der Waals surface area contributed by atoms with Crippen molar-refractivity contribution in [3.05, 3.63) is 66.2 Å². The van der Waals surface area contributed by atoms with E-state index in [1.54, 1.807) is 0 Å². The first-order chi connectivity index (χ1) is 10.8. The molecule has 1 heterocycles. The zero-order valence-electron chi connectivity index (χ0n) is 12.5. The van der Waals surface area contributed by atoms with Crippen molar-refractivity contribution in [2.75, 3.05) is 17.2 Å². The molecule has 0 aromatic heterocycles. The fourth-order valence-electron chi connectivity index (χ4n) is 3.02. The second kappa shape index (κ2) is 5.26. The molecule has 0 aliphatic carbocycles. The zero-order valence-corrected chi connectivity index (χ0v) is 12.5. The van der Waals surface area contributed by atoms with Gasteiger partial charge in [-0.3, -0.25) is 0 Å². The Balaban J connectivity index is 1.69. The van der Waals surface area contributed by atoms with Gasteiger partial charge in [0.2, 0.25) is 0 Å². The topological polar surface area (TPSA) is 33.3 Å². The van der Waals surface area contributed by atoms with E-state index in [1.165, 1.54) is 27.7 Å². The van der Waals surface area contributed by atoms with Crippen LogP contribution >= 0.6 is 0 Å². The Morgan fingerprint density at radius 3 is 2.09 bits per heavy atom. The molecule has 3 nitrogen and oxygen atoms in total. The molecule has 0 bridgehead atoms. The smallest absolute Gasteiger partial charge is 0.123 e. The van der Waals surface area contributed by atoms with Crippen LogP contribution in [0.5, 0.6) is 5.75 Å². The first-order valence-corrected chi connectivity index (χ1v) is 7.63. The standard InChI is InChI=1S/C19H18N2O/c1-2-22-15-11-9-14(10-12-15)19-20-16-7-3-5-13-6-4-8-17(21-19)18(13)16/h3-12,19-21H,2H2,1H3. The normalized spacial score (nSPS) is 13.5. The van der Waals surface area contributed by atoms with Crippen LogP contribution in [0.25, 0.3) is 10.8 Å². The highest BCUT2D eigenvalue weighted by Gasteiger charge is 2.19. The molecule has 3 heteroatoms. The van der Waals surface area contributed by atoms with Gasteiger partial charge in [-0.15, -0.1) is 0 Å². The predicted molar refractivity (Wildman–Crippen MR) is 91.5 cm³/mol. The van der Waals surface area contributed by atoms with Gasteiger partial charge in [-0.2, -0.15) is 0 Å². The van der Waals surface area contributed by atoms with Crippen molar-refractivity contribution >= 4 is 22.1 Å². The number of nitrogens with one attached hydrogen (secondary N) is 2. The van der Waals surface area contributed by atoms with Crippen molar-refractivity contribution in [3.63, 3.8) is 0 Å². The van der Waals surface area contributed by atoms with Crippen LogP contribution in [-0.2, 0) is 0 Å². The van der Waals surface area contributed by atoms with Gasteiger partial charge in [0.15, 0.2) is 0 Å². The van der Waals surface area contributed by atoms with Crippen LogP contribution in [0.15, 0.2) is 60.7 Å². The van der Waals surface area contributed by atoms with Crippen LogP contribution in [-0.4, -0.2) is 6.61 Å². The molecule has 0 saturated carbocycles. The van der Waals surface area contributed by atoms with E-state index in [0.29, 0.717) is 6.61 Å². The largest absolute Gasteiger partial charge is 0.494 e. The summed E-state index contributed by atoms with van der Waals surface area (Å²) in [6, 6.07) is 21.0. The average molecular weight is 290 g/mol. The number of anilines is 2. The van der Waals surface area contributed by atoms with Crippen molar-refractivity contribution < 1.29 is 4.74 Å². The molecule has 110 valence electrons. The van der Waals surface area contributed by atoms with Gasteiger partial charge in [0.05, 0.1) is 6.61 Å². The third kappa shape index (κ3) is 2.15. The maximum atomic E-state index is 5.51. The van der Waals surface area contributed by atoms with Crippen LogP contribution in [0.1, 0.15) is 18.7 Å². The van der Waals surface area contributed by atoms with E-state index < -0.39 is 0 Å². The second-order valence-corrected chi connectivity index (χ2v) is 5.43. The Kier molecular flexibility index (Phi) is 3.11. The summed E-state index contributed by atoms with van der Waals surface area (Å²) in [4.78, 5) is 0. The van der Waals surface area contributed by atoms with Crippen molar-refractivity contribution in [2.45, 2.75) is 13.1 Å². The first-order valence-electron chi connectivity index (χ1n) is 7.63. The summed E-state index contributed by atoms with van der Waals surface area (Å²) in [5.41, 5.74) is 3.53. The van der Waals surface area contributed by atoms with Crippen LogP contribution in [0.4, 0.5) is 11.4 Å². The second-order valence-electron chi connectivity index (χ2n) is 5.43. The van der Waals surface area contributed by atoms with E-state index in [9.17, 15) is 0 Å².